The molecule has 0 spiro atoms. The molecule has 0 bridgehead atoms. The van der Waals surface area contributed by atoms with Crippen LogP contribution in [-0.2, 0) is 6.54 Å². The Balaban J connectivity index is 2.22. The van der Waals surface area contributed by atoms with E-state index in [1.807, 2.05) is 0 Å². The molecule has 0 amide bonds. The molecule has 0 atom stereocenters. The molecule has 0 aliphatic rings. The summed E-state index contributed by atoms with van der Waals surface area (Å²) in [6, 6.07) is 9.29. The SMILES string of the molecule is COc1cc2c(=O)nc(N)n(Cc3ccc(F)cc3)c2cc1OC. The van der Waals surface area contributed by atoms with Crippen molar-refractivity contribution in [3.63, 3.8) is 0 Å². The number of aromatic nitrogens is 2. The molecule has 1 aromatic heterocycles. The Morgan fingerprint density at radius 2 is 1.75 bits per heavy atom. The zero-order valence-corrected chi connectivity index (χ0v) is 13.2. The van der Waals surface area contributed by atoms with Gasteiger partial charge < -0.3 is 19.8 Å². The van der Waals surface area contributed by atoms with E-state index in [1.165, 1.54) is 26.4 Å². The van der Waals surface area contributed by atoms with Crippen LogP contribution >= 0.6 is 0 Å². The summed E-state index contributed by atoms with van der Waals surface area (Å²) in [6.07, 6.45) is 0. The van der Waals surface area contributed by atoms with Gasteiger partial charge in [-0.1, -0.05) is 12.1 Å². The van der Waals surface area contributed by atoms with Gasteiger partial charge in [0.05, 0.1) is 31.7 Å². The lowest BCUT2D eigenvalue weighted by Crippen LogP contribution is -2.19. The number of rotatable bonds is 4. The van der Waals surface area contributed by atoms with Crippen LogP contribution in [0.15, 0.2) is 41.2 Å². The van der Waals surface area contributed by atoms with E-state index in [0.717, 1.165) is 5.56 Å². The minimum atomic E-state index is -0.446. The molecule has 2 aromatic carbocycles. The Labute approximate surface area is 137 Å². The molecule has 2 N–H and O–H groups in total. The molecule has 3 rings (SSSR count). The van der Waals surface area contributed by atoms with Crippen molar-refractivity contribution in [2.24, 2.45) is 0 Å². The lowest BCUT2D eigenvalue weighted by molar-refractivity contribution is 0.355. The second kappa shape index (κ2) is 6.19. The molecule has 0 saturated heterocycles. The summed E-state index contributed by atoms with van der Waals surface area (Å²) in [5.41, 5.74) is 6.88. The van der Waals surface area contributed by atoms with E-state index < -0.39 is 5.56 Å². The van der Waals surface area contributed by atoms with Gasteiger partial charge in [-0.05, 0) is 23.8 Å². The summed E-state index contributed by atoms with van der Waals surface area (Å²) < 4.78 is 25.3. The summed E-state index contributed by atoms with van der Waals surface area (Å²) in [5.74, 6) is 0.662. The van der Waals surface area contributed by atoms with Crippen LogP contribution in [0.25, 0.3) is 10.9 Å². The van der Waals surface area contributed by atoms with E-state index in [0.29, 0.717) is 28.9 Å². The molecule has 0 unspecified atom stereocenters. The van der Waals surface area contributed by atoms with E-state index in [-0.39, 0.29) is 11.8 Å². The van der Waals surface area contributed by atoms with Gasteiger partial charge in [0.1, 0.15) is 5.82 Å². The first-order chi connectivity index (χ1) is 11.5. The molecule has 24 heavy (non-hydrogen) atoms. The number of ether oxygens (including phenoxy) is 2. The number of anilines is 1. The van der Waals surface area contributed by atoms with Crippen molar-refractivity contribution >= 4 is 16.9 Å². The zero-order chi connectivity index (χ0) is 17.3. The molecule has 0 aliphatic heterocycles. The van der Waals surface area contributed by atoms with E-state index in [9.17, 15) is 9.18 Å². The highest BCUT2D eigenvalue weighted by atomic mass is 19.1. The highest BCUT2D eigenvalue weighted by molar-refractivity contribution is 5.83. The van der Waals surface area contributed by atoms with Crippen molar-refractivity contribution in [3.8, 4) is 11.5 Å². The maximum absolute atomic E-state index is 13.1. The van der Waals surface area contributed by atoms with Gasteiger partial charge in [-0.3, -0.25) is 4.79 Å². The third-order valence-corrected chi connectivity index (χ3v) is 3.77. The summed E-state index contributed by atoms with van der Waals surface area (Å²) >= 11 is 0. The predicted molar refractivity (Wildman–Crippen MR) is 89.0 cm³/mol. The predicted octanol–water partition coefficient (Wildman–Crippen LogP) is 2.18. The van der Waals surface area contributed by atoms with Crippen LogP contribution in [0.2, 0.25) is 0 Å². The Hall–Kier alpha value is -3.09. The standard InChI is InChI=1S/C17H16FN3O3/c1-23-14-7-12-13(8-15(14)24-2)21(17(19)20-16(12)22)9-10-3-5-11(18)6-4-10/h3-8H,9H2,1-2H3,(H2,19,20,22). The molecule has 6 nitrogen and oxygen atoms in total. The number of halogens is 1. The lowest BCUT2D eigenvalue weighted by Gasteiger charge is -2.15. The van der Waals surface area contributed by atoms with Crippen molar-refractivity contribution in [2.75, 3.05) is 20.0 Å². The number of nitrogens with zero attached hydrogens (tertiary/aromatic N) is 2. The highest BCUT2D eigenvalue weighted by Gasteiger charge is 2.14. The van der Waals surface area contributed by atoms with Crippen LogP contribution in [0.1, 0.15) is 5.56 Å². The van der Waals surface area contributed by atoms with Crippen LogP contribution in [0.4, 0.5) is 10.3 Å². The second-order valence-electron chi connectivity index (χ2n) is 5.21. The molecule has 0 radical (unpaired) electrons. The van der Waals surface area contributed by atoms with E-state index in [2.05, 4.69) is 4.98 Å². The number of hydrogen-bond donors (Lipinski definition) is 1. The third-order valence-electron chi connectivity index (χ3n) is 3.77. The zero-order valence-electron chi connectivity index (χ0n) is 13.2. The minimum absolute atomic E-state index is 0.0732. The second-order valence-corrected chi connectivity index (χ2v) is 5.21. The molecule has 1 heterocycles. The van der Waals surface area contributed by atoms with E-state index in [1.54, 1.807) is 28.8 Å². The van der Waals surface area contributed by atoms with E-state index in [4.69, 9.17) is 15.2 Å². The molecular weight excluding hydrogens is 313 g/mol. The number of nitrogen functional groups attached to an aromatic ring is 1. The topological polar surface area (TPSA) is 79.4 Å². The first kappa shape index (κ1) is 15.8. The summed E-state index contributed by atoms with van der Waals surface area (Å²) in [6.45, 7) is 0.339. The Bertz CT molecular complexity index is 952. The highest BCUT2D eigenvalue weighted by Crippen LogP contribution is 2.31. The molecule has 0 saturated carbocycles. The fraction of sp³-hybridized carbons (Fsp3) is 0.176. The van der Waals surface area contributed by atoms with Crippen molar-refractivity contribution in [1.82, 2.24) is 9.55 Å². The smallest absolute Gasteiger partial charge is 0.282 e. The fourth-order valence-corrected chi connectivity index (χ4v) is 2.55. The Morgan fingerprint density at radius 3 is 2.38 bits per heavy atom. The largest absolute Gasteiger partial charge is 0.493 e. The molecule has 0 aliphatic carbocycles. The van der Waals surface area contributed by atoms with Crippen LogP contribution in [0.5, 0.6) is 11.5 Å². The maximum atomic E-state index is 13.1. The summed E-state index contributed by atoms with van der Waals surface area (Å²) in [7, 11) is 3.00. The van der Waals surface area contributed by atoms with Gasteiger partial charge in [-0.15, -0.1) is 0 Å². The average molecular weight is 329 g/mol. The first-order valence-corrected chi connectivity index (χ1v) is 7.20. The minimum Gasteiger partial charge on any atom is -0.493 e. The van der Waals surface area contributed by atoms with Gasteiger partial charge in [0.15, 0.2) is 11.5 Å². The number of nitrogens with two attached hydrogens (primary N) is 1. The summed E-state index contributed by atoms with van der Waals surface area (Å²) in [5, 5.41) is 0.365. The van der Waals surface area contributed by atoms with Gasteiger partial charge in [0, 0.05) is 6.07 Å². The van der Waals surface area contributed by atoms with Crippen LogP contribution < -0.4 is 20.8 Å². The molecule has 3 aromatic rings. The average Bonchev–Trinajstić information content (AvgIpc) is 2.59. The molecular formula is C17H16FN3O3. The fourth-order valence-electron chi connectivity index (χ4n) is 2.55. The lowest BCUT2D eigenvalue weighted by atomic mass is 10.2. The normalized spacial score (nSPS) is 10.8. The summed E-state index contributed by atoms with van der Waals surface area (Å²) in [4.78, 5) is 16.0. The van der Waals surface area contributed by atoms with Crippen LogP contribution in [0, 0.1) is 5.82 Å². The quantitative estimate of drug-likeness (QED) is 0.794. The van der Waals surface area contributed by atoms with Crippen molar-refractivity contribution < 1.29 is 13.9 Å². The Morgan fingerprint density at radius 1 is 1.12 bits per heavy atom. The van der Waals surface area contributed by atoms with Gasteiger partial charge in [0.2, 0.25) is 5.95 Å². The molecule has 7 heteroatoms. The molecule has 124 valence electrons. The number of hydrogen-bond acceptors (Lipinski definition) is 5. The number of methoxy groups -OCH3 is 2. The van der Waals surface area contributed by atoms with E-state index >= 15 is 0 Å². The Kier molecular flexibility index (Phi) is 4.07. The van der Waals surface area contributed by atoms with Gasteiger partial charge in [-0.25, -0.2) is 4.39 Å². The number of fused-ring (bicyclic) bond motifs is 1. The van der Waals surface area contributed by atoms with Crippen molar-refractivity contribution in [1.29, 1.82) is 0 Å². The van der Waals surface area contributed by atoms with Crippen LogP contribution in [0.3, 0.4) is 0 Å². The first-order valence-electron chi connectivity index (χ1n) is 7.20. The third kappa shape index (κ3) is 2.76. The van der Waals surface area contributed by atoms with Crippen LogP contribution in [-0.4, -0.2) is 23.8 Å². The monoisotopic (exact) mass is 329 g/mol. The van der Waals surface area contributed by atoms with Crippen molar-refractivity contribution in [2.45, 2.75) is 6.54 Å². The van der Waals surface area contributed by atoms with Gasteiger partial charge in [-0.2, -0.15) is 4.98 Å². The molecule has 0 fully saturated rings. The van der Waals surface area contributed by atoms with Crippen molar-refractivity contribution in [3.05, 3.63) is 58.1 Å². The van der Waals surface area contributed by atoms with Gasteiger partial charge >= 0.3 is 0 Å². The van der Waals surface area contributed by atoms with Gasteiger partial charge in [0.25, 0.3) is 5.56 Å². The number of benzene rings is 2. The maximum Gasteiger partial charge on any atom is 0.282 e.